The van der Waals surface area contributed by atoms with Crippen molar-refractivity contribution in [2.75, 3.05) is 0 Å². The zero-order valence-corrected chi connectivity index (χ0v) is 8.89. The van der Waals surface area contributed by atoms with Crippen molar-refractivity contribution >= 4 is 0 Å². The van der Waals surface area contributed by atoms with Crippen molar-refractivity contribution in [2.45, 2.75) is 38.1 Å². The van der Waals surface area contributed by atoms with E-state index in [1.54, 1.807) is 6.92 Å². The number of hydrogen-bond donors (Lipinski definition) is 2. The first-order chi connectivity index (χ1) is 7.03. The first kappa shape index (κ1) is 10.4. The topological polar surface area (TPSA) is 46.2 Å². The molecule has 1 aliphatic rings. The summed E-state index contributed by atoms with van der Waals surface area (Å²) in [6.45, 7) is 1.69. The number of nitrogens with two attached hydrogens (primary N) is 1. The summed E-state index contributed by atoms with van der Waals surface area (Å²) in [5, 5.41) is 9.90. The van der Waals surface area contributed by atoms with Gasteiger partial charge < -0.3 is 10.8 Å². The number of aryl methyl sites for hydroxylation is 1. The molecule has 1 saturated carbocycles. The van der Waals surface area contributed by atoms with Crippen LogP contribution in [-0.2, 0) is 5.54 Å². The maximum absolute atomic E-state index is 13.3. The third kappa shape index (κ3) is 1.72. The molecule has 1 aromatic rings. The van der Waals surface area contributed by atoms with Crippen LogP contribution in [0.5, 0.6) is 5.75 Å². The molecule has 1 aromatic carbocycles. The van der Waals surface area contributed by atoms with E-state index in [0.29, 0.717) is 11.1 Å². The number of aromatic hydroxyl groups is 1. The molecule has 2 rings (SSSR count). The Balaban J connectivity index is 2.51. The second-order valence-corrected chi connectivity index (χ2v) is 4.48. The van der Waals surface area contributed by atoms with Crippen molar-refractivity contribution in [2.24, 2.45) is 5.73 Å². The summed E-state index contributed by atoms with van der Waals surface area (Å²) in [4.78, 5) is 0. The Bertz CT molecular complexity index is 383. The van der Waals surface area contributed by atoms with Gasteiger partial charge in [-0.15, -0.1) is 0 Å². The molecule has 3 heteroatoms. The Hall–Kier alpha value is -1.09. The molecule has 0 aliphatic heterocycles. The normalized spacial score (nSPS) is 19.4. The summed E-state index contributed by atoms with van der Waals surface area (Å²) in [7, 11) is 0. The smallest absolute Gasteiger partial charge is 0.124 e. The summed E-state index contributed by atoms with van der Waals surface area (Å²) >= 11 is 0. The van der Waals surface area contributed by atoms with E-state index in [1.807, 2.05) is 0 Å². The minimum atomic E-state index is -0.531. The predicted octanol–water partition coefficient (Wildman–Crippen LogP) is 2.57. The molecule has 0 atom stereocenters. The van der Waals surface area contributed by atoms with Gasteiger partial charge in [-0.25, -0.2) is 4.39 Å². The number of phenols is 1. The van der Waals surface area contributed by atoms with Crippen LogP contribution in [-0.4, -0.2) is 5.11 Å². The van der Waals surface area contributed by atoms with E-state index in [1.165, 1.54) is 12.1 Å². The van der Waals surface area contributed by atoms with E-state index in [9.17, 15) is 9.50 Å². The van der Waals surface area contributed by atoms with Crippen LogP contribution in [0.1, 0.15) is 36.8 Å². The fourth-order valence-electron chi connectivity index (χ4n) is 2.39. The fourth-order valence-corrected chi connectivity index (χ4v) is 2.39. The van der Waals surface area contributed by atoms with Crippen LogP contribution < -0.4 is 5.73 Å². The van der Waals surface area contributed by atoms with Crippen LogP contribution in [0.4, 0.5) is 4.39 Å². The molecule has 2 nitrogen and oxygen atoms in total. The van der Waals surface area contributed by atoms with Crippen LogP contribution in [0, 0.1) is 12.7 Å². The Morgan fingerprint density at radius 2 is 1.93 bits per heavy atom. The quantitative estimate of drug-likeness (QED) is 0.746. The van der Waals surface area contributed by atoms with Gasteiger partial charge in [0.2, 0.25) is 0 Å². The van der Waals surface area contributed by atoms with Gasteiger partial charge in [0.15, 0.2) is 0 Å². The summed E-state index contributed by atoms with van der Waals surface area (Å²) < 4.78 is 13.3. The van der Waals surface area contributed by atoms with Gasteiger partial charge in [-0.05, 0) is 37.5 Å². The van der Waals surface area contributed by atoms with Gasteiger partial charge in [-0.1, -0.05) is 12.8 Å². The van der Waals surface area contributed by atoms with E-state index < -0.39 is 5.54 Å². The Kier molecular flexibility index (Phi) is 2.43. The average Bonchev–Trinajstić information content (AvgIpc) is 2.59. The van der Waals surface area contributed by atoms with Crippen LogP contribution in [0.15, 0.2) is 12.1 Å². The van der Waals surface area contributed by atoms with Gasteiger partial charge in [0.25, 0.3) is 0 Å². The lowest BCUT2D eigenvalue weighted by molar-refractivity contribution is 0.403. The highest BCUT2D eigenvalue weighted by molar-refractivity contribution is 5.44. The van der Waals surface area contributed by atoms with Gasteiger partial charge >= 0.3 is 0 Å². The monoisotopic (exact) mass is 209 g/mol. The highest BCUT2D eigenvalue weighted by Gasteiger charge is 2.34. The van der Waals surface area contributed by atoms with Crippen molar-refractivity contribution < 1.29 is 9.50 Å². The van der Waals surface area contributed by atoms with E-state index in [0.717, 1.165) is 25.7 Å². The van der Waals surface area contributed by atoms with Crippen molar-refractivity contribution in [3.8, 4) is 5.75 Å². The number of hydrogen-bond acceptors (Lipinski definition) is 2. The van der Waals surface area contributed by atoms with E-state index in [-0.39, 0.29) is 11.6 Å². The molecule has 0 bridgehead atoms. The highest BCUT2D eigenvalue weighted by Crippen LogP contribution is 2.41. The van der Waals surface area contributed by atoms with Gasteiger partial charge in [0.05, 0.1) is 0 Å². The van der Waals surface area contributed by atoms with Gasteiger partial charge in [0, 0.05) is 11.1 Å². The third-order valence-electron chi connectivity index (χ3n) is 3.30. The van der Waals surface area contributed by atoms with Gasteiger partial charge in [0.1, 0.15) is 11.6 Å². The lowest BCUT2D eigenvalue weighted by Crippen LogP contribution is -2.33. The number of halogens is 1. The van der Waals surface area contributed by atoms with Gasteiger partial charge in [-0.3, -0.25) is 0 Å². The number of phenolic OH excluding ortho intramolecular Hbond substituents is 1. The average molecular weight is 209 g/mol. The van der Waals surface area contributed by atoms with Gasteiger partial charge in [-0.2, -0.15) is 0 Å². The molecule has 1 aliphatic carbocycles. The minimum absolute atomic E-state index is 0.154. The highest BCUT2D eigenvalue weighted by atomic mass is 19.1. The molecule has 0 aromatic heterocycles. The SMILES string of the molecule is Cc1cc(F)cc(C2(N)CCCC2)c1O. The fraction of sp³-hybridized carbons (Fsp3) is 0.500. The molecule has 0 unspecified atom stereocenters. The van der Waals surface area contributed by atoms with Crippen molar-refractivity contribution in [3.05, 3.63) is 29.1 Å². The first-order valence-electron chi connectivity index (χ1n) is 5.31. The molecule has 82 valence electrons. The number of benzene rings is 1. The standard InChI is InChI=1S/C12H16FNO/c1-8-6-9(13)7-10(11(8)15)12(14)4-2-3-5-12/h6-7,15H,2-5,14H2,1H3. The molecule has 3 N–H and O–H groups in total. The molecule has 15 heavy (non-hydrogen) atoms. The second-order valence-electron chi connectivity index (χ2n) is 4.48. The molecular formula is C12H16FNO. The zero-order chi connectivity index (χ0) is 11.1. The van der Waals surface area contributed by atoms with Crippen molar-refractivity contribution in [3.63, 3.8) is 0 Å². The summed E-state index contributed by atoms with van der Waals surface area (Å²) in [6.07, 6.45) is 3.74. The second kappa shape index (κ2) is 3.49. The molecular weight excluding hydrogens is 193 g/mol. The van der Waals surface area contributed by atoms with Crippen LogP contribution in [0.3, 0.4) is 0 Å². The van der Waals surface area contributed by atoms with Crippen molar-refractivity contribution in [1.29, 1.82) is 0 Å². The lowest BCUT2D eigenvalue weighted by Gasteiger charge is -2.25. The maximum atomic E-state index is 13.3. The first-order valence-corrected chi connectivity index (χ1v) is 5.31. The molecule has 0 amide bonds. The number of rotatable bonds is 1. The van der Waals surface area contributed by atoms with E-state index in [4.69, 9.17) is 5.73 Å². The molecule has 0 spiro atoms. The largest absolute Gasteiger partial charge is 0.507 e. The van der Waals surface area contributed by atoms with Crippen molar-refractivity contribution in [1.82, 2.24) is 0 Å². The predicted molar refractivity (Wildman–Crippen MR) is 57.1 cm³/mol. The summed E-state index contributed by atoms with van der Waals surface area (Å²) in [6, 6.07) is 2.70. The summed E-state index contributed by atoms with van der Waals surface area (Å²) in [5.41, 5.74) is 6.79. The molecule has 0 heterocycles. The Morgan fingerprint density at radius 1 is 1.33 bits per heavy atom. The zero-order valence-electron chi connectivity index (χ0n) is 8.89. The molecule has 0 radical (unpaired) electrons. The molecule has 1 fully saturated rings. The molecule has 0 saturated heterocycles. The third-order valence-corrected chi connectivity index (χ3v) is 3.30. The van der Waals surface area contributed by atoms with Crippen LogP contribution in [0.2, 0.25) is 0 Å². The van der Waals surface area contributed by atoms with Crippen LogP contribution >= 0.6 is 0 Å². The Labute approximate surface area is 88.9 Å². The van der Waals surface area contributed by atoms with Crippen LogP contribution in [0.25, 0.3) is 0 Å². The maximum Gasteiger partial charge on any atom is 0.124 e. The minimum Gasteiger partial charge on any atom is -0.507 e. The lowest BCUT2D eigenvalue weighted by atomic mass is 9.87. The Morgan fingerprint density at radius 3 is 2.53 bits per heavy atom. The summed E-state index contributed by atoms with van der Waals surface area (Å²) in [5.74, 6) is -0.169. The van der Waals surface area contributed by atoms with E-state index >= 15 is 0 Å². The van der Waals surface area contributed by atoms with E-state index in [2.05, 4.69) is 0 Å².